The molecule has 2 unspecified atom stereocenters. The van der Waals surface area contributed by atoms with Gasteiger partial charge < -0.3 is 5.32 Å². The summed E-state index contributed by atoms with van der Waals surface area (Å²) in [7, 11) is 0. The lowest BCUT2D eigenvalue weighted by molar-refractivity contribution is 0.0669. The predicted molar refractivity (Wildman–Crippen MR) is 95.2 cm³/mol. The normalized spacial score (nSPS) is 28.7. The number of rotatable bonds is 4. The van der Waals surface area contributed by atoms with Gasteiger partial charge in [-0.25, -0.2) is 0 Å². The fourth-order valence-electron chi connectivity index (χ4n) is 3.97. The lowest BCUT2D eigenvalue weighted by Crippen LogP contribution is -2.61. The van der Waals surface area contributed by atoms with Gasteiger partial charge in [-0.05, 0) is 36.8 Å². The second kappa shape index (κ2) is 6.10. The van der Waals surface area contributed by atoms with Crippen molar-refractivity contribution in [1.29, 1.82) is 0 Å². The molecular weight excluding hydrogens is 280 g/mol. The summed E-state index contributed by atoms with van der Waals surface area (Å²) in [4.78, 5) is 2.72. The van der Waals surface area contributed by atoms with Crippen LogP contribution in [0.4, 0.5) is 0 Å². The summed E-state index contributed by atoms with van der Waals surface area (Å²) < 4.78 is 0. The highest BCUT2D eigenvalue weighted by atomic mass is 15.3. The largest absolute Gasteiger partial charge is 0.305 e. The zero-order valence-electron chi connectivity index (χ0n) is 13.9. The number of hydrogen-bond donors (Lipinski definition) is 1. The first-order valence-electron chi connectivity index (χ1n) is 8.83. The summed E-state index contributed by atoms with van der Waals surface area (Å²) in [5.74, 6) is 0.895. The molecule has 4 rings (SSSR count). The van der Waals surface area contributed by atoms with Crippen LogP contribution in [0.3, 0.4) is 0 Å². The van der Waals surface area contributed by atoms with Crippen LogP contribution in [0.15, 0.2) is 60.7 Å². The minimum Gasteiger partial charge on any atom is -0.305 e. The molecule has 0 spiro atoms. The Morgan fingerprint density at radius 2 is 1.65 bits per heavy atom. The zero-order chi connectivity index (χ0) is 15.7. The summed E-state index contributed by atoms with van der Waals surface area (Å²) in [5.41, 5.74) is 2.87. The molecule has 2 aromatic rings. The fraction of sp³-hybridized carbons (Fsp3) is 0.429. The minimum atomic E-state index is 0.0431. The van der Waals surface area contributed by atoms with Crippen LogP contribution in [-0.2, 0) is 12.1 Å². The van der Waals surface area contributed by atoms with Crippen LogP contribution in [0.1, 0.15) is 30.9 Å². The first-order chi connectivity index (χ1) is 11.2. The standard InChI is InChI=1S/C21H26N2/c1-21(19-10-6-3-7-11-19)16-23(15-17-8-4-2-5-9-17)20(14-22-21)18-12-13-18/h2-11,18,20,22H,12-16H2,1H3. The highest BCUT2D eigenvalue weighted by molar-refractivity contribution is 5.26. The van der Waals surface area contributed by atoms with E-state index >= 15 is 0 Å². The minimum absolute atomic E-state index is 0.0431. The average Bonchev–Trinajstić information content (AvgIpc) is 3.42. The molecule has 2 nitrogen and oxygen atoms in total. The van der Waals surface area contributed by atoms with Crippen molar-refractivity contribution >= 4 is 0 Å². The van der Waals surface area contributed by atoms with E-state index in [2.05, 4.69) is 77.8 Å². The maximum Gasteiger partial charge on any atom is 0.0535 e. The van der Waals surface area contributed by atoms with Gasteiger partial charge in [0.25, 0.3) is 0 Å². The predicted octanol–water partition coefficient (Wildman–Crippen LogP) is 3.79. The van der Waals surface area contributed by atoms with Crippen molar-refractivity contribution < 1.29 is 0 Å². The van der Waals surface area contributed by atoms with Crippen LogP contribution in [0.5, 0.6) is 0 Å². The molecule has 23 heavy (non-hydrogen) atoms. The van der Waals surface area contributed by atoms with Crippen molar-refractivity contribution in [3.8, 4) is 0 Å². The Balaban J connectivity index is 1.57. The van der Waals surface area contributed by atoms with Crippen LogP contribution in [0, 0.1) is 5.92 Å². The molecular formula is C21H26N2. The van der Waals surface area contributed by atoms with E-state index in [-0.39, 0.29) is 5.54 Å². The van der Waals surface area contributed by atoms with Gasteiger partial charge in [0.2, 0.25) is 0 Å². The van der Waals surface area contributed by atoms with Gasteiger partial charge in [0.15, 0.2) is 0 Å². The zero-order valence-corrected chi connectivity index (χ0v) is 13.9. The Hall–Kier alpha value is -1.64. The lowest BCUT2D eigenvalue weighted by atomic mass is 9.87. The van der Waals surface area contributed by atoms with Crippen molar-refractivity contribution in [2.75, 3.05) is 13.1 Å². The second-order valence-electron chi connectivity index (χ2n) is 7.37. The molecule has 2 aliphatic rings. The number of benzene rings is 2. The fourth-order valence-corrected chi connectivity index (χ4v) is 3.97. The van der Waals surface area contributed by atoms with Gasteiger partial charge in [0.05, 0.1) is 5.54 Å². The first-order valence-corrected chi connectivity index (χ1v) is 8.83. The maximum atomic E-state index is 3.86. The van der Waals surface area contributed by atoms with Gasteiger partial charge in [-0.15, -0.1) is 0 Å². The van der Waals surface area contributed by atoms with E-state index in [1.807, 2.05) is 0 Å². The van der Waals surface area contributed by atoms with Gasteiger partial charge in [-0.2, -0.15) is 0 Å². The molecule has 2 atom stereocenters. The number of nitrogens with one attached hydrogen (secondary N) is 1. The van der Waals surface area contributed by atoms with Gasteiger partial charge in [-0.1, -0.05) is 60.7 Å². The summed E-state index contributed by atoms with van der Waals surface area (Å²) in [6, 6.07) is 22.5. The van der Waals surface area contributed by atoms with E-state index in [9.17, 15) is 0 Å². The molecule has 1 aliphatic heterocycles. The van der Waals surface area contributed by atoms with Crippen LogP contribution in [-0.4, -0.2) is 24.0 Å². The Morgan fingerprint density at radius 1 is 1.00 bits per heavy atom. The van der Waals surface area contributed by atoms with Crippen molar-refractivity contribution in [3.05, 3.63) is 71.8 Å². The van der Waals surface area contributed by atoms with Crippen molar-refractivity contribution in [1.82, 2.24) is 10.2 Å². The highest BCUT2D eigenvalue weighted by Crippen LogP contribution is 2.39. The van der Waals surface area contributed by atoms with Gasteiger partial charge in [-0.3, -0.25) is 4.90 Å². The molecule has 2 aromatic carbocycles. The summed E-state index contributed by atoms with van der Waals surface area (Å²) in [6.07, 6.45) is 2.80. The van der Waals surface area contributed by atoms with E-state index in [0.29, 0.717) is 6.04 Å². The lowest BCUT2D eigenvalue weighted by Gasteiger charge is -2.47. The highest BCUT2D eigenvalue weighted by Gasteiger charge is 2.43. The number of piperazine rings is 1. The Bertz CT molecular complexity index is 635. The van der Waals surface area contributed by atoms with Crippen LogP contribution >= 0.6 is 0 Å². The van der Waals surface area contributed by atoms with E-state index in [1.54, 1.807) is 0 Å². The summed E-state index contributed by atoms with van der Waals surface area (Å²) in [5, 5.41) is 3.86. The summed E-state index contributed by atoms with van der Waals surface area (Å²) >= 11 is 0. The van der Waals surface area contributed by atoms with Crippen molar-refractivity contribution in [3.63, 3.8) is 0 Å². The molecule has 1 saturated heterocycles. The third kappa shape index (κ3) is 3.19. The third-order valence-corrected chi connectivity index (χ3v) is 5.50. The molecule has 0 aromatic heterocycles. The molecule has 1 N–H and O–H groups in total. The van der Waals surface area contributed by atoms with E-state index in [0.717, 1.165) is 25.6 Å². The van der Waals surface area contributed by atoms with E-state index < -0.39 is 0 Å². The van der Waals surface area contributed by atoms with Gasteiger partial charge in [0.1, 0.15) is 0 Å². The van der Waals surface area contributed by atoms with E-state index in [4.69, 9.17) is 0 Å². The second-order valence-corrected chi connectivity index (χ2v) is 7.37. The topological polar surface area (TPSA) is 15.3 Å². The molecule has 2 fully saturated rings. The molecule has 0 radical (unpaired) electrons. The smallest absolute Gasteiger partial charge is 0.0535 e. The first kappa shape index (κ1) is 14.9. The average molecular weight is 306 g/mol. The Kier molecular flexibility index (Phi) is 3.96. The monoisotopic (exact) mass is 306 g/mol. The SMILES string of the molecule is CC1(c2ccccc2)CN(Cc2ccccc2)C(C2CC2)CN1. The molecule has 0 amide bonds. The molecule has 120 valence electrons. The van der Waals surface area contributed by atoms with Crippen LogP contribution in [0.25, 0.3) is 0 Å². The Morgan fingerprint density at radius 3 is 2.30 bits per heavy atom. The van der Waals surface area contributed by atoms with Crippen molar-refractivity contribution in [2.24, 2.45) is 5.92 Å². The molecule has 0 bridgehead atoms. The quantitative estimate of drug-likeness (QED) is 0.924. The Labute approximate surface area is 139 Å². The van der Waals surface area contributed by atoms with Gasteiger partial charge >= 0.3 is 0 Å². The molecule has 1 aliphatic carbocycles. The maximum absolute atomic E-state index is 3.86. The summed E-state index contributed by atoms with van der Waals surface area (Å²) in [6.45, 7) is 5.59. The number of nitrogens with zero attached hydrogens (tertiary/aromatic N) is 1. The number of hydrogen-bond acceptors (Lipinski definition) is 2. The molecule has 1 saturated carbocycles. The van der Waals surface area contributed by atoms with Crippen LogP contribution in [0.2, 0.25) is 0 Å². The molecule has 2 heteroatoms. The van der Waals surface area contributed by atoms with Crippen LogP contribution < -0.4 is 5.32 Å². The van der Waals surface area contributed by atoms with Crippen molar-refractivity contribution in [2.45, 2.75) is 37.9 Å². The molecule has 1 heterocycles. The third-order valence-electron chi connectivity index (χ3n) is 5.50. The van der Waals surface area contributed by atoms with E-state index in [1.165, 1.54) is 24.0 Å². The van der Waals surface area contributed by atoms with Gasteiger partial charge in [0, 0.05) is 25.7 Å².